The third kappa shape index (κ3) is 4.39. The number of carbonyl (C=O) groups excluding carboxylic acids is 1. The SMILES string of the molecule is O=C(N/N=C\c1ccc(Br)cc1O)c1ccc(Br)c(Br)c1. The lowest BCUT2D eigenvalue weighted by molar-refractivity contribution is 0.0955. The summed E-state index contributed by atoms with van der Waals surface area (Å²) in [6.07, 6.45) is 1.38. The molecule has 0 aliphatic heterocycles. The minimum Gasteiger partial charge on any atom is -0.507 e. The molecule has 7 heteroatoms. The van der Waals surface area contributed by atoms with E-state index in [1.54, 1.807) is 36.4 Å². The second-order valence-corrected chi connectivity index (χ2v) is 6.66. The lowest BCUT2D eigenvalue weighted by Crippen LogP contribution is -2.17. The van der Waals surface area contributed by atoms with Crippen molar-refractivity contribution in [2.45, 2.75) is 0 Å². The van der Waals surface area contributed by atoms with E-state index in [1.165, 1.54) is 6.21 Å². The maximum atomic E-state index is 11.9. The first-order valence-electron chi connectivity index (χ1n) is 5.74. The molecule has 0 spiro atoms. The van der Waals surface area contributed by atoms with Crippen LogP contribution in [0.3, 0.4) is 0 Å². The topological polar surface area (TPSA) is 61.7 Å². The highest BCUT2D eigenvalue weighted by atomic mass is 79.9. The maximum Gasteiger partial charge on any atom is 0.271 e. The molecule has 0 aliphatic rings. The molecule has 0 radical (unpaired) electrons. The molecule has 4 nitrogen and oxygen atoms in total. The number of aromatic hydroxyl groups is 1. The van der Waals surface area contributed by atoms with Gasteiger partial charge in [0.1, 0.15) is 5.75 Å². The van der Waals surface area contributed by atoms with E-state index in [0.29, 0.717) is 11.1 Å². The van der Waals surface area contributed by atoms with Crippen LogP contribution >= 0.6 is 47.8 Å². The van der Waals surface area contributed by atoms with Crippen LogP contribution in [-0.4, -0.2) is 17.2 Å². The second kappa shape index (κ2) is 7.20. The summed E-state index contributed by atoms with van der Waals surface area (Å²) in [4.78, 5) is 11.9. The average molecular weight is 477 g/mol. The number of hydrogen-bond donors (Lipinski definition) is 2. The van der Waals surface area contributed by atoms with Gasteiger partial charge in [-0.25, -0.2) is 5.43 Å². The average Bonchev–Trinajstić information content (AvgIpc) is 2.44. The molecule has 0 fully saturated rings. The lowest BCUT2D eigenvalue weighted by atomic mass is 10.2. The van der Waals surface area contributed by atoms with Gasteiger partial charge in [0.15, 0.2) is 0 Å². The van der Waals surface area contributed by atoms with Gasteiger partial charge in [-0.1, -0.05) is 15.9 Å². The molecule has 2 aromatic rings. The molecule has 21 heavy (non-hydrogen) atoms. The number of nitrogens with one attached hydrogen (secondary N) is 1. The third-order valence-corrected chi connectivity index (χ3v) is 4.92. The number of benzene rings is 2. The number of carbonyl (C=O) groups is 1. The summed E-state index contributed by atoms with van der Waals surface area (Å²) >= 11 is 9.92. The lowest BCUT2D eigenvalue weighted by Gasteiger charge is -2.02. The number of nitrogens with zero attached hydrogens (tertiary/aromatic N) is 1. The van der Waals surface area contributed by atoms with Gasteiger partial charge >= 0.3 is 0 Å². The number of halogens is 3. The van der Waals surface area contributed by atoms with Gasteiger partial charge in [-0.15, -0.1) is 0 Å². The number of rotatable bonds is 3. The van der Waals surface area contributed by atoms with Gasteiger partial charge in [0, 0.05) is 24.5 Å². The number of phenolic OH excluding ortho intramolecular Hbond substituents is 1. The molecular formula is C14H9Br3N2O2. The Morgan fingerprint density at radius 2 is 1.86 bits per heavy atom. The largest absolute Gasteiger partial charge is 0.507 e. The van der Waals surface area contributed by atoms with Crippen molar-refractivity contribution in [2.75, 3.05) is 0 Å². The summed E-state index contributed by atoms with van der Waals surface area (Å²) in [5.74, 6) is -0.259. The smallest absolute Gasteiger partial charge is 0.271 e. The van der Waals surface area contributed by atoms with Crippen molar-refractivity contribution in [1.29, 1.82) is 0 Å². The number of amides is 1. The van der Waals surface area contributed by atoms with Crippen molar-refractivity contribution in [3.63, 3.8) is 0 Å². The van der Waals surface area contributed by atoms with Crippen LogP contribution in [0.5, 0.6) is 5.75 Å². The first kappa shape index (κ1) is 16.2. The Balaban J connectivity index is 2.06. The van der Waals surface area contributed by atoms with E-state index in [-0.39, 0.29) is 11.7 Å². The zero-order chi connectivity index (χ0) is 15.4. The van der Waals surface area contributed by atoms with E-state index in [9.17, 15) is 9.90 Å². The summed E-state index contributed by atoms with van der Waals surface area (Å²) in [6, 6.07) is 10.1. The Labute approximate surface area is 146 Å². The molecule has 0 unspecified atom stereocenters. The van der Waals surface area contributed by atoms with Crippen LogP contribution in [0.4, 0.5) is 0 Å². The molecule has 0 aromatic heterocycles. The minimum absolute atomic E-state index is 0.0776. The summed E-state index contributed by atoms with van der Waals surface area (Å²) in [7, 11) is 0. The van der Waals surface area contributed by atoms with Crippen LogP contribution in [0, 0.1) is 0 Å². The van der Waals surface area contributed by atoms with E-state index in [1.807, 2.05) is 0 Å². The molecule has 1 amide bonds. The summed E-state index contributed by atoms with van der Waals surface area (Å²) in [6.45, 7) is 0. The molecule has 0 bridgehead atoms. The Kier molecular flexibility index (Phi) is 5.55. The number of hydrogen-bond acceptors (Lipinski definition) is 3. The van der Waals surface area contributed by atoms with Crippen LogP contribution in [0.25, 0.3) is 0 Å². The van der Waals surface area contributed by atoms with Gasteiger partial charge in [0.2, 0.25) is 0 Å². The zero-order valence-corrected chi connectivity index (χ0v) is 15.2. The molecule has 0 heterocycles. The molecule has 2 rings (SSSR count). The van der Waals surface area contributed by atoms with Crippen LogP contribution < -0.4 is 5.43 Å². The molecule has 0 atom stereocenters. The van der Waals surface area contributed by atoms with Gasteiger partial charge in [0.25, 0.3) is 5.91 Å². The number of hydrazone groups is 1. The highest BCUT2D eigenvalue weighted by Crippen LogP contribution is 2.24. The molecule has 0 aliphatic carbocycles. The van der Waals surface area contributed by atoms with Crippen LogP contribution in [0.1, 0.15) is 15.9 Å². The fraction of sp³-hybridized carbons (Fsp3) is 0. The maximum absolute atomic E-state index is 11.9. The predicted molar refractivity (Wildman–Crippen MR) is 92.7 cm³/mol. The van der Waals surface area contributed by atoms with Crippen molar-refractivity contribution >= 4 is 59.9 Å². The fourth-order valence-electron chi connectivity index (χ4n) is 1.49. The Morgan fingerprint density at radius 1 is 1.10 bits per heavy atom. The molecule has 2 N–H and O–H groups in total. The summed E-state index contributed by atoms with van der Waals surface area (Å²) in [5.41, 5.74) is 3.39. The second-order valence-electron chi connectivity index (χ2n) is 4.03. The van der Waals surface area contributed by atoms with Gasteiger partial charge in [-0.2, -0.15) is 5.10 Å². The van der Waals surface area contributed by atoms with Crippen molar-refractivity contribution in [2.24, 2.45) is 5.10 Å². The predicted octanol–water partition coefficient (Wildman–Crippen LogP) is 4.44. The molecule has 0 saturated carbocycles. The minimum atomic E-state index is -0.337. The zero-order valence-electron chi connectivity index (χ0n) is 10.5. The van der Waals surface area contributed by atoms with Crippen LogP contribution in [0.15, 0.2) is 54.9 Å². The van der Waals surface area contributed by atoms with Crippen molar-refractivity contribution in [3.8, 4) is 5.75 Å². The van der Waals surface area contributed by atoms with E-state index < -0.39 is 0 Å². The van der Waals surface area contributed by atoms with Crippen molar-refractivity contribution in [1.82, 2.24) is 5.43 Å². The molecule has 108 valence electrons. The van der Waals surface area contributed by atoms with Gasteiger partial charge in [0.05, 0.1) is 6.21 Å². The Morgan fingerprint density at radius 3 is 2.52 bits per heavy atom. The van der Waals surface area contributed by atoms with Crippen molar-refractivity contribution < 1.29 is 9.90 Å². The van der Waals surface area contributed by atoms with Gasteiger partial charge in [-0.3, -0.25) is 4.79 Å². The highest BCUT2D eigenvalue weighted by molar-refractivity contribution is 9.13. The first-order valence-corrected chi connectivity index (χ1v) is 8.12. The van der Waals surface area contributed by atoms with Crippen LogP contribution in [0.2, 0.25) is 0 Å². The molecular weight excluding hydrogens is 468 g/mol. The normalized spacial score (nSPS) is 10.8. The summed E-state index contributed by atoms with van der Waals surface area (Å²) in [5, 5.41) is 13.5. The van der Waals surface area contributed by atoms with E-state index >= 15 is 0 Å². The highest BCUT2D eigenvalue weighted by Gasteiger charge is 2.06. The van der Waals surface area contributed by atoms with E-state index in [4.69, 9.17) is 0 Å². The van der Waals surface area contributed by atoms with E-state index in [2.05, 4.69) is 58.3 Å². The number of phenols is 1. The van der Waals surface area contributed by atoms with Crippen LogP contribution in [-0.2, 0) is 0 Å². The van der Waals surface area contributed by atoms with E-state index in [0.717, 1.165) is 13.4 Å². The third-order valence-electron chi connectivity index (χ3n) is 2.54. The Hall–Kier alpha value is -1.18. The fourth-order valence-corrected chi connectivity index (χ4v) is 2.46. The molecule has 0 saturated heterocycles. The van der Waals surface area contributed by atoms with Crippen molar-refractivity contribution in [3.05, 3.63) is 60.9 Å². The van der Waals surface area contributed by atoms with Gasteiger partial charge in [-0.05, 0) is 68.3 Å². The Bertz CT molecular complexity index is 717. The quantitative estimate of drug-likeness (QED) is 0.508. The monoisotopic (exact) mass is 474 g/mol. The van der Waals surface area contributed by atoms with Gasteiger partial charge < -0.3 is 5.11 Å². The summed E-state index contributed by atoms with van der Waals surface area (Å²) < 4.78 is 2.41. The molecule has 2 aromatic carbocycles. The standard InChI is InChI=1S/C14H9Br3N2O2/c15-10-3-1-9(13(20)6-10)7-18-19-14(21)8-2-4-11(16)12(17)5-8/h1-7,20H,(H,19,21)/b18-7-. The first-order chi connectivity index (χ1) is 9.97.